The molecule has 3 aromatic rings. The van der Waals surface area contributed by atoms with Crippen LogP contribution in [0.1, 0.15) is 31.4 Å². The van der Waals surface area contributed by atoms with Gasteiger partial charge in [0.1, 0.15) is 17.1 Å². The molecule has 2 aromatic carbocycles. The van der Waals surface area contributed by atoms with E-state index in [0.717, 1.165) is 28.3 Å². The predicted molar refractivity (Wildman–Crippen MR) is 110 cm³/mol. The molecule has 0 radical (unpaired) electrons. The van der Waals surface area contributed by atoms with Crippen LogP contribution < -0.4 is 4.74 Å². The second-order valence-corrected chi connectivity index (χ2v) is 6.85. The first-order valence-corrected chi connectivity index (χ1v) is 9.53. The number of aliphatic carboxylic acids is 2. The van der Waals surface area contributed by atoms with Gasteiger partial charge in [0.05, 0.1) is 6.61 Å². The van der Waals surface area contributed by atoms with Crippen LogP contribution in [0, 0.1) is 11.3 Å². The van der Waals surface area contributed by atoms with Crippen molar-refractivity contribution < 1.29 is 24.5 Å². The first-order chi connectivity index (χ1) is 14.5. The molecule has 4 N–H and O–H groups in total. The molecule has 0 atom stereocenters. The number of nitrogens with one attached hydrogen (secondary N) is 2. The molecule has 0 unspecified atom stereocenters. The van der Waals surface area contributed by atoms with E-state index in [1.807, 2.05) is 36.4 Å². The second kappa shape index (κ2) is 9.64. The number of aromatic nitrogens is 3. The van der Waals surface area contributed by atoms with Crippen molar-refractivity contribution in [3.63, 3.8) is 0 Å². The van der Waals surface area contributed by atoms with Gasteiger partial charge in [-0.2, -0.15) is 15.4 Å². The van der Waals surface area contributed by atoms with Crippen LogP contribution in [0.4, 0.5) is 0 Å². The smallest absolute Gasteiger partial charge is 0.317 e. The highest BCUT2D eigenvalue weighted by molar-refractivity contribution is 5.93. The van der Waals surface area contributed by atoms with E-state index in [0.29, 0.717) is 37.3 Å². The van der Waals surface area contributed by atoms with E-state index >= 15 is 0 Å². The number of nitrogens with zero attached hydrogens (tertiary/aromatic N) is 2. The molecule has 0 saturated carbocycles. The molecular weight excluding hydrogens is 388 g/mol. The Morgan fingerprint density at radius 1 is 1.03 bits per heavy atom. The summed E-state index contributed by atoms with van der Waals surface area (Å²) < 4.78 is 5.77. The van der Waals surface area contributed by atoms with Crippen molar-refractivity contribution in [2.45, 2.75) is 25.7 Å². The van der Waals surface area contributed by atoms with Gasteiger partial charge in [-0.15, -0.1) is 0 Å². The average molecular weight is 410 g/mol. The summed E-state index contributed by atoms with van der Waals surface area (Å²) in [6.07, 6.45) is 3.20. The molecule has 3 rings (SSSR count). The lowest BCUT2D eigenvalue weighted by Crippen LogP contribution is -2.23. The van der Waals surface area contributed by atoms with Crippen LogP contribution in [0.2, 0.25) is 0 Å². The summed E-state index contributed by atoms with van der Waals surface area (Å²) >= 11 is 0. The number of rotatable bonds is 11. The lowest BCUT2D eigenvalue weighted by atomic mass is 10.0. The highest BCUT2D eigenvalue weighted by atomic mass is 16.5. The molecular formula is C21H22N4O5. The van der Waals surface area contributed by atoms with E-state index in [1.165, 1.54) is 0 Å². The number of hydrogen-bond donors (Lipinski definition) is 4. The molecule has 0 amide bonds. The molecule has 9 heteroatoms. The number of unbranched alkanes of at least 4 members (excludes halogenated alkanes) is 2. The number of hydrogen-bond acceptors (Lipinski definition) is 6. The van der Waals surface area contributed by atoms with Crippen LogP contribution in [0.25, 0.3) is 22.0 Å². The Morgan fingerprint density at radius 3 is 2.50 bits per heavy atom. The van der Waals surface area contributed by atoms with Gasteiger partial charge in [-0.3, -0.25) is 9.59 Å². The molecule has 0 bridgehead atoms. The Kier molecular flexibility index (Phi) is 6.74. The number of ether oxygens (including phenoxy) is 1. The van der Waals surface area contributed by atoms with Crippen LogP contribution in [-0.2, 0) is 9.59 Å². The Balaban J connectivity index is 1.53. The number of carboxylic acid groups (broad SMARTS) is 2. The third-order valence-corrected chi connectivity index (χ3v) is 4.80. The minimum atomic E-state index is -1.34. The summed E-state index contributed by atoms with van der Waals surface area (Å²) in [4.78, 5) is 21.7. The summed E-state index contributed by atoms with van der Waals surface area (Å²) in [5.74, 6) is -3.21. The first-order valence-electron chi connectivity index (χ1n) is 9.53. The molecule has 1 aromatic heterocycles. The molecule has 9 nitrogen and oxygen atoms in total. The molecule has 156 valence electrons. The maximum Gasteiger partial charge on any atom is 0.317 e. The van der Waals surface area contributed by atoms with Crippen LogP contribution in [0.3, 0.4) is 0 Å². The van der Waals surface area contributed by atoms with Gasteiger partial charge >= 0.3 is 11.9 Å². The minimum absolute atomic E-state index is 0.119. The van der Waals surface area contributed by atoms with E-state index in [2.05, 4.69) is 15.4 Å². The van der Waals surface area contributed by atoms with Crippen molar-refractivity contribution >= 4 is 28.9 Å². The second-order valence-electron chi connectivity index (χ2n) is 6.85. The summed E-state index contributed by atoms with van der Waals surface area (Å²) in [5, 5.41) is 37.7. The van der Waals surface area contributed by atoms with Crippen molar-refractivity contribution in [2.24, 2.45) is 5.92 Å². The van der Waals surface area contributed by atoms with Gasteiger partial charge in [-0.05, 0) is 41.8 Å². The number of H-pyrrole nitrogens is 1. The van der Waals surface area contributed by atoms with Gasteiger partial charge in [0, 0.05) is 11.8 Å². The minimum Gasteiger partial charge on any atom is -0.494 e. The fraction of sp³-hybridized carbons (Fsp3) is 0.286. The molecule has 0 saturated heterocycles. The van der Waals surface area contributed by atoms with Gasteiger partial charge in [-0.1, -0.05) is 31.0 Å². The maximum atomic E-state index is 10.8. The van der Waals surface area contributed by atoms with Crippen molar-refractivity contribution in [1.29, 1.82) is 5.41 Å². The standard InChI is InChI=1S/C21H22N4O5/c22-12-18-19(24-25-23-18)15-6-5-14-11-16(8-7-13(14)10-15)30-9-3-1-2-4-17(20(26)27)21(28)29/h5-8,10-12,17,22H,1-4,9H2,(H,26,27)(H,28,29)(H,23,24,25). The third-order valence-electron chi connectivity index (χ3n) is 4.80. The van der Waals surface area contributed by atoms with E-state index in [1.54, 1.807) is 0 Å². The van der Waals surface area contributed by atoms with Gasteiger partial charge in [0.2, 0.25) is 0 Å². The van der Waals surface area contributed by atoms with Crippen LogP contribution in [0.15, 0.2) is 36.4 Å². The van der Waals surface area contributed by atoms with Crippen molar-refractivity contribution in [1.82, 2.24) is 15.4 Å². The van der Waals surface area contributed by atoms with Crippen molar-refractivity contribution in [3.8, 4) is 17.0 Å². The average Bonchev–Trinajstić information content (AvgIpc) is 3.21. The summed E-state index contributed by atoms with van der Waals surface area (Å²) in [7, 11) is 0. The van der Waals surface area contributed by atoms with Crippen LogP contribution in [0.5, 0.6) is 5.75 Å². The fourth-order valence-electron chi connectivity index (χ4n) is 3.18. The largest absolute Gasteiger partial charge is 0.494 e. The molecule has 0 fully saturated rings. The maximum absolute atomic E-state index is 10.8. The van der Waals surface area contributed by atoms with Crippen LogP contribution >= 0.6 is 0 Å². The van der Waals surface area contributed by atoms with E-state index < -0.39 is 17.9 Å². The molecule has 0 aliphatic heterocycles. The number of carbonyl (C=O) groups is 2. The predicted octanol–water partition coefficient (Wildman–Crippen LogP) is 3.35. The van der Waals surface area contributed by atoms with Gasteiger partial charge in [0.15, 0.2) is 5.92 Å². The lowest BCUT2D eigenvalue weighted by Gasteiger charge is -2.09. The quantitative estimate of drug-likeness (QED) is 0.215. The Labute approximate surface area is 172 Å². The van der Waals surface area contributed by atoms with E-state index in [9.17, 15) is 9.59 Å². The summed E-state index contributed by atoms with van der Waals surface area (Å²) in [6, 6.07) is 11.6. The number of benzene rings is 2. The zero-order chi connectivity index (χ0) is 21.5. The van der Waals surface area contributed by atoms with E-state index in [4.69, 9.17) is 20.4 Å². The third kappa shape index (κ3) is 4.99. The van der Waals surface area contributed by atoms with Crippen molar-refractivity contribution in [3.05, 3.63) is 42.1 Å². The highest BCUT2D eigenvalue weighted by Crippen LogP contribution is 2.27. The monoisotopic (exact) mass is 410 g/mol. The molecule has 0 aliphatic rings. The van der Waals surface area contributed by atoms with Gasteiger partial charge in [0.25, 0.3) is 0 Å². The van der Waals surface area contributed by atoms with E-state index in [-0.39, 0.29) is 6.42 Å². The zero-order valence-corrected chi connectivity index (χ0v) is 16.2. The molecule has 1 heterocycles. The molecule has 0 spiro atoms. The number of aromatic amines is 1. The van der Waals surface area contributed by atoms with Crippen LogP contribution in [-0.4, -0.2) is 50.4 Å². The highest BCUT2D eigenvalue weighted by Gasteiger charge is 2.24. The topological polar surface area (TPSA) is 149 Å². The first kappa shape index (κ1) is 21.0. The lowest BCUT2D eigenvalue weighted by molar-refractivity contribution is -0.154. The Morgan fingerprint density at radius 2 is 1.77 bits per heavy atom. The normalized spacial score (nSPS) is 11.0. The summed E-state index contributed by atoms with van der Waals surface area (Å²) in [5.41, 5.74) is 1.97. The SMILES string of the molecule is N=Cc1n[nH]nc1-c1ccc2cc(OCCCCCC(C(=O)O)C(=O)O)ccc2c1. The number of carboxylic acids is 2. The fourth-order valence-corrected chi connectivity index (χ4v) is 3.18. The van der Waals surface area contributed by atoms with Crippen molar-refractivity contribution in [2.75, 3.05) is 6.61 Å². The van der Waals surface area contributed by atoms with Gasteiger partial charge in [-0.25, -0.2) is 0 Å². The zero-order valence-electron chi connectivity index (χ0n) is 16.2. The Bertz CT molecular complexity index is 1050. The summed E-state index contributed by atoms with van der Waals surface area (Å²) in [6.45, 7) is 0.468. The Hall–Kier alpha value is -3.75. The number of fused-ring (bicyclic) bond motifs is 1. The van der Waals surface area contributed by atoms with Gasteiger partial charge < -0.3 is 20.4 Å². The molecule has 30 heavy (non-hydrogen) atoms. The molecule has 0 aliphatic carbocycles.